The van der Waals surface area contributed by atoms with Gasteiger partial charge in [-0.25, -0.2) is 4.79 Å². The number of carbonyl (C=O) groups excluding carboxylic acids is 1. The third-order valence-corrected chi connectivity index (χ3v) is 4.48. The van der Waals surface area contributed by atoms with Gasteiger partial charge in [-0.2, -0.15) is 0 Å². The lowest BCUT2D eigenvalue weighted by Crippen LogP contribution is -2.29. The second-order valence-corrected chi connectivity index (χ2v) is 7.52. The minimum absolute atomic E-state index is 0.0141. The fourth-order valence-electron chi connectivity index (χ4n) is 2.68. The smallest absolute Gasteiger partial charge is 0.352 e. The van der Waals surface area contributed by atoms with Crippen molar-refractivity contribution < 1.29 is 14.7 Å². The number of unbranched alkanes of at least 4 members (excludes halogenated alkanes) is 5. The zero-order chi connectivity index (χ0) is 17.5. The van der Waals surface area contributed by atoms with Crippen LogP contribution in [0.15, 0.2) is 11.8 Å². The van der Waals surface area contributed by atoms with Crippen molar-refractivity contribution in [3.05, 3.63) is 11.8 Å². The summed E-state index contributed by atoms with van der Waals surface area (Å²) in [6.45, 7) is 5.17. The van der Waals surface area contributed by atoms with Gasteiger partial charge in [0, 0.05) is 5.92 Å². The van der Waals surface area contributed by atoms with Crippen molar-refractivity contribution >= 4 is 11.9 Å². The van der Waals surface area contributed by atoms with Crippen LogP contribution in [0.3, 0.4) is 0 Å². The molecule has 0 radical (unpaired) electrons. The lowest BCUT2D eigenvalue weighted by Gasteiger charge is -2.08. The summed E-state index contributed by atoms with van der Waals surface area (Å²) in [6, 6.07) is 0. The maximum atomic E-state index is 12.0. The molecule has 1 aliphatic carbocycles. The number of nitrogens with one attached hydrogen (secondary N) is 1. The summed E-state index contributed by atoms with van der Waals surface area (Å²) in [4.78, 5) is 25.4. The van der Waals surface area contributed by atoms with Crippen LogP contribution in [0.4, 0.5) is 0 Å². The Kier molecular flexibility index (Phi) is 7.76. The Morgan fingerprint density at radius 1 is 1.17 bits per heavy atom. The van der Waals surface area contributed by atoms with Gasteiger partial charge in [0.05, 0.1) is 0 Å². The number of aliphatic carboxylic acids is 1. The summed E-state index contributed by atoms with van der Waals surface area (Å²) in [5.41, 5.74) is 0.0468. The Morgan fingerprint density at radius 3 is 2.26 bits per heavy atom. The summed E-state index contributed by atoms with van der Waals surface area (Å²) >= 11 is 0. The molecule has 1 atom stereocenters. The maximum Gasteiger partial charge on any atom is 0.352 e. The topological polar surface area (TPSA) is 69.6 Å². The Bertz CT molecular complexity index is 442. The normalized spacial score (nSPS) is 19.7. The van der Waals surface area contributed by atoms with E-state index >= 15 is 0 Å². The molecular weight excluding hydrogens is 292 g/mol. The molecule has 23 heavy (non-hydrogen) atoms. The molecular formula is C18H32N2O3. The molecule has 132 valence electrons. The van der Waals surface area contributed by atoms with Gasteiger partial charge in [0.1, 0.15) is 5.70 Å². The van der Waals surface area contributed by atoms with Crippen molar-refractivity contribution in [3.8, 4) is 0 Å². The van der Waals surface area contributed by atoms with Crippen molar-refractivity contribution in [1.82, 2.24) is 10.2 Å². The zero-order valence-corrected chi connectivity index (χ0v) is 15.0. The SMILES string of the molecule is CN(C)CCCCCCC/C=C(/NC(=O)C1CC1(C)C)C(=O)O. The molecule has 2 N–H and O–H groups in total. The number of hydrogen-bond acceptors (Lipinski definition) is 3. The predicted molar refractivity (Wildman–Crippen MR) is 92.0 cm³/mol. The minimum Gasteiger partial charge on any atom is -0.477 e. The average molecular weight is 324 g/mol. The molecule has 1 unspecified atom stereocenters. The molecule has 1 rings (SSSR count). The molecule has 0 spiro atoms. The molecule has 1 fully saturated rings. The van der Waals surface area contributed by atoms with Gasteiger partial charge in [0.25, 0.3) is 0 Å². The van der Waals surface area contributed by atoms with Gasteiger partial charge in [-0.05, 0) is 51.7 Å². The number of carboxylic acid groups (broad SMARTS) is 1. The number of allylic oxidation sites excluding steroid dienone is 1. The van der Waals surface area contributed by atoms with Crippen LogP contribution in [0.5, 0.6) is 0 Å². The fraction of sp³-hybridized carbons (Fsp3) is 0.778. The summed E-state index contributed by atoms with van der Waals surface area (Å²) < 4.78 is 0. The van der Waals surface area contributed by atoms with E-state index in [0.717, 1.165) is 25.8 Å². The predicted octanol–water partition coefficient (Wildman–Crippen LogP) is 3.02. The molecule has 0 aromatic rings. The van der Waals surface area contributed by atoms with E-state index in [2.05, 4.69) is 24.3 Å². The van der Waals surface area contributed by atoms with Crippen molar-refractivity contribution in [1.29, 1.82) is 0 Å². The quantitative estimate of drug-likeness (QED) is 0.453. The van der Waals surface area contributed by atoms with Gasteiger partial charge in [-0.15, -0.1) is 0 Å². The standard InChI is InChI=1S/C18H32N2O3/c1-18(2)13-14(18)16(21)19-15(17(22)23)11-9-7-5-6-8-10-12-20(3)4/h11,14H,5-10,12-13H2,1-4H3,(H,19,21)(H,22,23)/b15-11+. The van der Waals surface area contributed by atoms with E-state index < -0.39 is 5.97 Å². The monoisotopic (exact) mass is 324 g/mol. The summed E-state index contributed by atoms with van der Waals surface area (Å²) in [7, 11) is 4.16. The van der Waals surface area contributed by atoms with Gasteiger partial charge < -0.3 is 15.3 Å². The van der Waals surface area contributed by atoms with Gasteiger partial charge in [0.2, 0.25) is 5.91 Å². The Morgan fingerprint density at radius 2 is 1.74 bits per heavy atom. The first-order valence-corrected chi connectivity index (χ1v) is 8.63. The number of hydrogen-bond donors (Lipinski definition) is 2. The average Bonchev–Trinajstić information content (AvgIpc) is 3.08. The highest BCUT2D eigenvalue weighted by atomic mass is 16.4. The highest BCUT2D eigenvalue weighted by molar-refractivity contribution is 5.94. The molecule has 1 saturated carbocycles. The lowest BCUT2D eigenvalue weighted by molar-refractivity contribution is -0.135. The third-order valence-electron chi connectivity index (χ3n) is 4.48. The van der Waals surface area contributed by atoms with Crippen LogP contribution in [-0.2, 0) is 9.59 Å². The second-order valence-electron chi connectivity index (χ2n) is 7.52. The largest absolute Gasteiger partial charge is 0.477 e. The first kappa shape index (κ1) is 19.7. The van der Waals surface area contributed by atoms with Crippen LogP contribution < -0.4 is 5.32 Å². The third kappa shape index (κ3) is 7.64. The highest BCUT2D eigenvalue weighted by Gasteiger charge is 2.50. The number of nitrogens with zero attached hydrogens (tertiary/aromatic N) is 1. The van der Waals surface area contributed by atoms with Gasteiger partial charge >= 0.3 is 5.97 Å². The van der Waals surface area contributed by atoms with Gasteiger partial charge in [-0.1, -0.05) is 39.2 Å². The summed E-state index contributed by atoms with van der Waals surface area (Å²) in [5, 5.41) is 11.8. The molecule has 0 aromatic carbocycles. The first-order chi connectivity index (χ1) is 10.7. The van der Waals surface area contributed by atoms with E-state index in [1.807, 2.05) is 13.8 Å². The van der Waals surface area contributed by atoms with E-state index in [4.69, 9.17) is 0 Å². The molecule has 0 aliphatic heterocycles. The summed E-state index contributed by atoms with van der Waals surface area (Å²) in [6.07, 6.45) is 8.83. The molecule has 5 nitrogen and oxygen atoms in total. The van der Waals surface area contributed by atoms with Crippen molar-refractivity contribution in [3.63, 3.8) is 0 Å². The Balaban J connectivity index is 2.22. The second kappa shape index (κ2) is 9.06. The first-order valence-electron chi connectivity index (χ1n) is 8.63. The van der Waals surface area contributed by atoms with Crippen molar-refractivity contribution in [2.45, 2.75) is 58.8 Å². The maximum absolute atomic E-state index is 12.0. The van der Waals surface area contributed by atoms with Gasteiger partial charge in [0.15, 0.2) is 0 Å². The molecule has 0 bridgehead atoms. The molecule has 0 saturated heterocycles. The van der Waals surface area contributed by atoms with E-state index in [9.17, 15) is 14.7 Å². The van der Waals surface area contributed by atoms with Crippen molar-refractivity contribution in [2.24, 2.45) is 11.3 Å². The van der Waals surface area contributed by atoms with Crippen LogP contribution in [0.2, 0.25) is 0 Å². The van der Waals surface area contributed by atoms with Crippen molar-refractivity contribution in [2.75, 3.05) is 20.6 Å². The van der Waals surface area contributed by atoms with Crippen LogP contribution in [-0.4, -0.2) is 42.5 Å². The number of carboxylic acids is 1. The lowest BCUT2D eigenvalue weighted by atomic mass is 10.1. The van der Waals surface area contributed by atoms with E-state index in [0.29, 0.717) is 6.42 Å². The Labute approximate surface area is 140 Å². The number of rotatable bonds is 11. The molecule has 1 amide bonds. The van der Waals surface area contributed by atoms with E-state index in [1.165, 1.54) is 19.3 Å². The highest BCUT2D eigenvalue weighted by Crippen LogP contribution is 2.51. The molecule has 0 heterocycles. The van der Waals surface area contributed by atoms with E-state index in [-0.39, 0.29) is 22.9 Å². The van der Waals surface area contributed by atoms with Crippen LogP contribution in [0.1, 0.15) is 58.8 Å². The van der Waals surface area contributed by atoms with E-state index in [1.54, 1.807) is 6.08 Å². The summed E-state index contributed by atoms with van der Waals surface area (Å²) in [5.74, 6) is -1.27. The molecule has 5 heteroatoms. The molecule has 1 aliphatic rings. The number of amides is 1. The van der Waals surface area contributed by atoms with Crippen LogP contribution >= 0.6 is 0 Å². The molecule has 0 aromatic heterocycles. The fourth-order valence-corrected chi connectivity index (χ4v) is 2.68. The number of carbonyl (C=O) groups is 2. The van der Waals surface area contributed by atoms with Gasteiger partial charge in [-0.3, -0.25) is 4.79 Å². The van der Waals surface area contributed by atoms with Crippen LogP contribution in [0, 0.1) is 11.3 Å². The minimum atomic E-state index is -1.05. The van der Waals surface area contributed by atoms with Crippen LogP contribution in [0.25, 0.3) is 0 Å². The Hall–Kier alpha value is -1.36. The zero-order valence-electron chi connectivity index (χ0n) is 15.0.